The molecule has 52 heavy (non-hydrogen) atoms. The fraction of sp³-hybridized carbons (Fsp3) is 0.590. The van der Waals surface area contributed by atoms with E-state index in [-0.39, 0.29) is 29.3 Å². The highest BCUT2D eigenvalue weighted by molar-refractivity contribution is 7.92. The number of nitrogens with one attached hydrogen (secondary N) is 1. The van der Waals surface area contributed by atoms with E-state index in [4.69, 9.17) is 30.5 Å². The lowest BCUT2D eigenvalue weighted by atomic mass is 9.68. The summed E-state index contributed by atoms with van der Waals surface area (Å²) in [7, 11) is -0.127. The molecule has 1 saturated carbocycles. The van der Waals surface area contributed by atoms with Crippen LogP contribution < -0.4 is 14.4 Å². The van der Waals surface area contributed by atoms with Crippen LogP contribution in [0.3, 0.4) is 0 Å². The molecule has 11 nitrogen and oxygen atoms in total. The molecule has 6 atom stereocenters. The molecule has 0 aromatic heterocycles. The summed E-state index contributed by atoms with van der Waals surface area (Å²) < 4.78 is 44.9. The standard InChI is InChI=1S/C39H51ClN4O7S/c1-26-6-4-8-35(49-3)32-12-9-29(32)20-44-24-39(15-5-7-27-18-30(40)11-13-33(27)39)25-51-36-14-10-28(19-34(36)44)37(45)41-52(47,23-26)42-38(46)43-21-31(22-43)50-17-16-48-2/h4,8,10-11,13-14,18-19,26,29,31-32,35H,5-7,9,12,15-17,20-25H2,1-3H3,(H,41,42,45,46,47)/b8-4-/t26-,29-,32+,35-,39-,52?/m0/s1. The van der Waals surface area contributed by atoms with Gasteiger partial charge in [0.15, 0.2) is 0 Å². The number of carbonyl (C=O) groups is 2. The molecule has 13 heteroatoms. The number of urea groups is 1. The normalized spacial score (nSPS) is 31.2. The van der Waals surface area contributed by atoms with E-state index in [0.717, 1.165) is 55.9 Å². The van der Waals surface area contributed by atoms with Gasteiger partial charge >= 0.3 is 6.03 Å². The number of allylic oxidation sites excluding steroid dienone is 1. The summed E-state index contributed by atoms with van der Waals surface area (Å²) in [5.74, 6) is 0.687. The van der Waals surface area contributed by atoms with Crippen molar-refractivity contribution in [1.82, 2.24) is 9.62 Å². The van der Waals surface area contributed by atoms with E-state index in [1.54, 1.807) is 20.3 Å². The van der Waals surface area contributed by atoms with Gasteiger partial charge in [0.2, 0.25) is 0 Å². The van der Waals surface area contributed by atoms with Gasteiger partial charge in [-0.1, -0.05) is 36.7 Å². The van der Waals surface area contributed by atoms with E-state index in [2.05, 4.69) is 38.3 Å². The highest BCUT2D eigenvalue weighted by Crippen LogP contribution is 2.47. The molecule has 3 heterocycles. The van der Waals surface area contributed by atoms with Crippen molar-refractivity contribution in [2.75, 3.05) is 70.9 Å². The van der Waals surface area contributed by atoms with Crippen molar-refractivity contribution in [3.63, 3.8) is 0 Å². The number of carbonyl (C=O) groups excluding carboxylic acids is 2. The van der Waals surface area contributed by atoms with Crippen molar-refractivity contribution < 1.29 is 32.7 Å². The zero-order chi connectivity index (χ0) is 36.5. The Kier molecular flexibility index (Phi) is 11.2. The Morgan fingerprint density at radius 1 is 1.13 bits per heavy atom. The Morgan fingerprint density at radius 2 is 1.98 bits per heavy atom. The summed E-state index contributed by atoms with van der Waals surface area (Å²) in [4.78, 5) is 31.2. The number of fused-ring (bicyclic) bond motifs is 4. The maximum Gasteiger partial charge on any atom is 0.330 e. The number of halogens is 1. The minimum atomic E-state index is -3.50. The molecule has 3 aliphatic heterocycles. The third kappa shape index (κ3) is 7.87. The maximum atomic E-state index is 14.5. The van der Waals surface area contributed by atoms with Crippen LogP contribution in [0.25, 0.3) is 0 Å². The first-order valence-electron chi connectivity index (χ1n) is 18.6. The molecule has 2 fully saturated rings. The molecule has 2 aliphatic carbocycles. The van der Waals surface area contributed by atoms with Gasteiger partial charge in [-0.15, -0.1) is 4.36 Å². The van der Waals surface area contributed by atoms with Crippen LogP contribution >= 0.6 is 11.6 Å². The third-order valence-corrected chi connectivity index (χ3v) is 13.7. The van der Waals surface area contributed by atoms with Crippen molar-refractivity contribution in [3.8, 4) is 5.75 Å². The Morgan fingerprint density at radius 3 is 2.75 bits per heavy atom. The molecule has 5 aliphatic rings. The van der Waals surface area contributed by atoms with Gasteiger partial charge in [-0.2, -0.15) is 0 Å². The summed E-state index contributed by atoms with van der Waals surface area (Å²) in [6.07, 6.45) is 9.78. The molecule has 2 bridgehead atoms. The first-order valence-corrected chi connectivity index (χ1v) is 20.6. The van der Waals surface area contributed by atoms with Crippen LogP contribution in [0, 0.1) is 17.8 Å². The summed E-state index contributed by atoms with van der Waals surface area (Å²) in [6.45, 7) is 5.58. The van der Waals surface area contributed by atoms with E-state index < -0.39 is 21.9 Å². The lowest BCUT2D eigenvalue weighted by Crippen LogP contribution is -2.58. The molecule has 282 valence electrons. The summed E-state index contributed by atoms with van der Waals surface area (Å²) in [5.41, 5.74) is 3.41. The van der Waals surface area contributed by atoms with Crippen LogP contribution in [0.5, 0.6) is 5.75 Å². The number of likely N-dealkylation sites (tertiary alicyclic amines) is 1. The van der Waals surface area contributed by atoms with E-state index in [9.17, 15) is 13.8 Å². The van der Waals surface area contributed by atoms with Crippen molar-refractivity contribution in [1.29, 1.82) is 0 Å². The summed E-state index contributed by atoms with van der Waals surface area (Å²) in [6, 6.07) is 11.1. The molecule has 2 aromatic carbocycles. The second kappa shape index (κ2) is 15.7. The number of hydrogen-bond donors (Lipinski definition) is 1. The number of aryl methyl sites for hydroxylation is 1. The molecule has 1 spiro atoms. The molecule has 7 rings (SSSR count). The van der Waals surface area contributed by atoms with Gasteiger partial charge in [-0.3, -0.25) is 9.52 Å². The van der Waals surface area contributed by atoms with Gasteiger partial charge in [-0.05, 0) is 97.7 Å². The molecular formula is C39H51ClN4O7S. The van der Waals surface area contributed by atoms with Gasteiger partial charge < -0.3 is 28.7 Å². The van der Waals surface area contributed by atoms with Crippen molar-refractivity contribution in [2.24, 2.45) is 22.1 Å². The number of amides is 3. The first-order chi connectivity index (χ1) is 25.1. The number of rotatable bonds is 6. The van der Waals surface area contributed by atoms with Crippen LogP contribution in [-0.4, -0.2) is 99.2 Å². The Hall–Kier alpha value is -3.16. The van der Waals surface area contributed by atoms with Crippen LogP contribution in [0.2, 0.25) is 5.02 Å². The Labute approximate surface area is 312 Å². The molecule has 1 saturated heterocycles. The van der Waals surface area contributed by atoms with Gasteiger partial charge in [0, 0.05) is 43.3 Å². The van der Waals surface area contributed by atoms with Gasteiger partial charge in [-0.25, -0.2) is 9.00 Å². The van der Waals surface area contributed by atoms with E-state index >= 15 is 0 Å². The zero-order valence-electron chi connectivity index (χ0n) is 30.4. The molecular weight excluding hydrogens is 704 g/mol. The minimum absolute atomic E-state index is 0.0201. The quantitative estimate of drug-likeness (QED) is 0.281. The SMILES string of the molecule is COCCOC1CN(C(=O)NS2(=O)=NC(=O)c3ccc4c(c3)N(C[C@@H]3CC[C@H]3[C@@H](OC)/C=C\C[C@H](C)C2)C[C@@]2(CCCc3cc(Cl)ccc32)CO4)C1. The lowest BCUT2D eigenvalue weighted by molar-refractivity contribution is -0.0497. The Balaban J connectivity index is 1.23. The number of anilines is 1. The van der Waals surface area contributed by atoms with Crippen molar-refractivity contribution >= 4 is 39.1 Å². The van der Waals surface area contributed by atoms with Gasteiger partial charge in [0.25, 0.3) is 5.91 Å². The summed E-state index contributed by atoms with van der Waals surface area (Å²) in [5, 5.41) is 0.740. The molecule has 3 amide bonds. The zero-order valence-corrected chi connectivity index (χ0v) is 32.0. The van der Waals surface area contributed by atoms with E-state index in [1.807, 2.05) is 25.1 Å². The van der Waals surface area contributed by atoms with Gasteiger partial charge in [0.05, 0.1) is 56.6 Å². The average Bonchev–Trinajstić information content (AvgIpc) is 3.23. The molecule has 2 aromatic rings. The third-order valence-electron chi connectivity index (χ3n) is 11.5. The molecule has 1 N–H and O–H groups in total. The highest BCUT2D eigenvalue weighted by atomic mass is 35.5. The largest absolute Gasteiger partial charge is 0.490 e. The highest BCUT2D eigenvalue weighted by Gasteiger charge is 2.44. The second-order valence-electron chi connectivity index (χ2n) is 15.3. The van der Waals surface area contributed by atoms with Crippen LogP contribution in [-0.2, 0) is 36.0 Å². The molecule has 1 unspecified atom stereocenters. The number of nitrogens with zero attached hydrogens (tertiary/aromatic N) is 3. The number of ether oxygens (including phenoxy) is 4. The van der Waals surface area contributed by atoms with Crippen LogP contribution in [0.4, 0.5) is 10.5 Å². The second-order valence-corrected chi connectivity index (χ2v) is 17.7. The first kappa shape index (κ1) is 37.2. The van der Waals surface area contributed by atoms with Crippen LogP contribution in [0.15, 0.2) is 52.9 Å². The monoisotopic (exact) mass is 754 g/mol. The average molecular weight is 755 g/mol. The smallest absolute Gasteiger partial charge is 0.330 e. The fourth-order valence-electron chi connectivity index (χ4n) is 8.58. The van der Waals surface area contributed by atoms with Crippen molar-refractivity contribution in [3.05, 3.63) is 70.3 Å². The topological polar surface area (TPSA) is 119 Å². The predicted octanol–water partition coefficient (Wildman–Crippen LogP) is 6.03. The van der Waals surface area contributed by atoms with E-state index in [0.29, 0.717) is 62.5 Å². The number of benzene rings is 2. The predicted molar refractivity (Wildman–Crippen MR) is 202 cm³/mol. The number of methoxy groups -OCH3 is 2. The maximum absolute atomic E-state index is 14.5. The van der Waals surface area contributed by atoms with E-state index in [1.165, 1.54) is 16.0 Å². The fourth-order valence-corrected chi connectivity index (χ4v) is 10.7. The van der Waals surface area contributed by atoms with Crippen molar-refractivity contribution in [2.45, 2.75) is 63.1 Å². The Bertz CT molecular complexity index is 1810. The van der Waals surface area contributed by atoms with Gasteiger partial charge in [0.1, 0.15) is 15.7 Å². The number of hydrogen-bond acceptors (Lipinski definition) is 8. The summed E-state index contributed by atoms with van der Waals surface area (Å²) >= 11 is 6.46. The molecule has 0 radical (unpaired) electrons. The van der Waals surface area contributed by atoms with Crippen LogP contribution in [0.1, 0.15) is 60.5 Å². The minimum Gasteiger partial charge on any atom is -0.490 e. The lowest BCUT2D eigenvalue weighted by Gasteiger charge is -2.46.